The lowest BCUT2D eigenvalue weighted by atomic mass is 10.0. The van der Waals surface area contributed by atoms with Gasteiger partial charge in [0.1, 0.15) is 5.75 Å². The molecule has 6 nitrogen and oxygen atoms in total. The smallest absolute Gasteiger partial charge is 0.262 e. The van der Waals surface area contributed by atoms with Crippen LogP contribution >= 0.6 is 0 Å². The standard InChI is InChI=1S/C20H24N2O4S/c1-16-6-5-13-22(14-16)27(24,25)19-11-9-17(10-12-19)21-20(23)15-26-18-7-3-2-4-8-18/h2-4,7-12,16H,5-6,13-15H2,1H3,(H,21,23)/t16-/m0/s1. The van der Waals surface area contributed by atoms with Crippen molar-refractivity contribution < 1.29 is 17.9 Å². The van der Waals surface area contributed by atoms with E-state index in [9.17, 15) is 13.2 Å². The maximum Gasteiger partial charge on any atom is 0.262 e. The van der Waals surface area contributed by atoms with Crippen molar-refractivity contribution in [1.82, 2.24) is 4.31 Å². The Balaban J connectivity index is 1.59. The number of para-hydroxylation sites is 1. The van der Waals surface area contributed by atoms with Crippen LogP contribution in [-0.2, 0) is 14.8 Å². The van der Waals surface area contributed by atoms with E-state index in [0.717, 1.165) is 12.8 Å². The van der Waals surface area contributed by atoms with E-state index in [4.69, 9.17) is 4.74 Å². The van der Waals surface area contributed by atoms with E-state index in [1.54, 1.807) is 28.6 Å². The SMILES string of the molecule is C[C@H]1CCCN(S(=O)(=O)c2ccc(NC(=O)COc3ccccc3)cc2)C1. The van der Waals surface area contributed by atoms with E-state index in [1.807, 2.05) is 18.2 Å². The molecular weight excluding hydrogens is 364 g/mol. The monoisotopic (exact) mass is 388 g/mol. The van der Waals surface area contributed by atoms with Gasteiger partial charge < -0.3 is 10.1 Å². The van der Waals surface area contributed by atoms with E-state index >= 15 is 0 Å². The minimum Gasteiger partial charge on any atom is -0.484 e. The van der Waals surface area contributed by atoms with Crippen LogP contribution in [0.4, 0.5) is 5.69 Å². The van der Waals surface area contributed by atoms with Gasteiger partial charge in [0, 0.05) is 18.8 Å². The molecule has 27 heavy (non-hydrogen) atoms. The maximum absolute atomic E-state index is 12.7. The number of rotatable bonds is 6. The maximum atomic E-state index is 12.7. The molecule has 0 saturated carbocycles. The fourth-order valence-corrected chi connectivity index (χ4v) is 4.68. The number of nitrogens with zero attached hydrogens (tertiary/aromatic N) is 1. The molecule has 1 aliphatic rings. The molecule has 2 aromatic rings. The number of ether oxygens (including phenoxy) is 1. The van der Waals surface area contributed by atoms with Gasteiger partial charge in [-0.05, 0) is 55.2 Å². The number of hydrogen-bond acceptors (Lipinski definition) is 4. The number of nitrogens with one attached hydrogen (secondary N) is 1. The van der Waals surface area contributed by atoms with E-state index < -0.39 is 10.0 Å². The molecule has 1 N–H and O–H groups in total. The number of benzene rings is 2. The van der Waals surface area contributed by atoms with E-state index in [-0.39, 0.29) is 17.4 Å². The molecule has 1 fully saturated rings. The number of hydrogen-bond donors (Lipinski definition) is 1. The van der Waals surface area contributed by atoms with Crippen molar-refractivity contribution in [2.24, 2.45) is 5.92 Å². The number of carbonyl (C=O) groups excluding carboxylic acids is 1. The van der Waals surface area contributed by atoms with Gasteiger partial charge in [0.05, 0.1) is 4.90 Å². The summed E-state index contributed by atoms with van der Waals surface area (Å²) < 4.78 is 32.4. The summed E-state index contributed by atoms with van der Waals surface area (Å²) in [6, 6.07) is 15.3. The van der Waals surface area contributed by atoms with Gasteiger partial charge in [-0.3, -0.25) is 4.79 Å². The summed E-state index contributed by atoms with van der Waals surface area (Å²) in [7, 11) is -3.49. The minimum atomic E-state index is -3.49. The third-order valence-corrected chi connectivity index (χ3v) is 6.39. The van der Waals surface area contributed by atoms with Crippen molar-refractivity contribution in [3.05, 3.63) is 54.6 Å². The quantitative estimate of drug-likeness (QED) is 0.825. The highest BCUT2D eigenvalue weighted by Crippen LogP contribution is 2.24. The van der Waals surface area contributed by atoms with E-state index in [1.165, 1.54) is 12.1 Å². The van der Waals surface area contributed by atoms with Crippen molar-refractivity contribution in [3.63, 3.8) is 0 Å². The summed E-state index contributed by atoms with van der Waals surface area (Å²) >= 11 is 0. The lowest BCUT2D eigenvalue weighted by molar-refractivity contribution is -0.118. The number of carbonyl (C=O) groups is 1. The van der Waals surface area contributed by atoms with E-state index in [2.05, 4.69) is 12.2 Å². The van der Waals surface area contributed by atoms with Gasteiger partial charge in [-0.1, -0.05) is 25.1 Å². The first-order valence-electron chi connectivity index (χ1n) is 9.03. The number of sulfonamides is 1. The van der Waals surface area contributed by atoms with Gasteiger partial charge in [-0.2, -0.15) is 4.31 Å². The van der Waals surface area contributed by atoms with Crippen molar-refractivity contribution in [1.29, 1.82) is 0 Å². The predicted molar refractivity (Wildman–Crippen MR) is 104 cm³/mol. The molecule has 0 unspecified atom stereocenters. The Morgan fingerprint density at radius 3 is 2.52 bits per heavy atom. The normalized spacial score (nSPS) is 18.0. The molecule has 1 aliphatic heterocycles. The summed E-state index contributed by atoms with van der Waals surface area (Å²) in [5.41, 5.74) is 0.530. The second kappa shape index (κ2) is 8.54. The van der Waals surface area contributed by atoms with Crippen LogP contribution in [0.15, 0.2) is 59.5 Å². The molecule has 1 atom stereocenters. The highest BCUT2D eigenvalue weighted by molar-refractivity contribution is 7.89. The Morgan fingerprint density at radius 2 is 1.85 bits per heavy atom. The molecule has 7 heteroatoms. The van der Waals surface area contributed by atoms with Crippen LogP contribution in [0.3, 0.4) is 0 Å². The molecule has 0 spiro atoms. The van der Waals surface area contributed by atoms with Gasteiger partial charge in [-0.15, -0.1) is 0 Å². The Morgan fingerprint density at radius 1 is 1.15 bits per heavy atom. The van der Waals surface area contributed by atoms with Crippen LogP contribution in [-0.4, -0.2) is 38.3 Å². The van der Waals surface area contributed by atoms with Crippen LogP contribution in [0.2, 0.25) is 0 Å². The first-order chi connectivity index (χ1) is 12.9. The lowest BCUT2D eigenvalue weighted by Crippen LogP contribution is -2.39. The third kappa shape index (κ3) is 5.08. The lowest BCUT2D eigenvalue weighted by Gasteiger charge is -2.30. The average molecular weight is 388 g/mol. The van der Waals surface area contributed by atoms with Crippen LogP contribution in [0, 0.1) is 5.92 Å². The highest BCUT2D eigenvalue weighted by atomic mass is 32.2. The second-order valence-corrected chi connectivity index (χ2v) is 8.72. The van der Waals surface area contributed by atoms with Crippen LogP contribution in [0.5, 0.6) is 5.75 Å². The second-order valence-electron chi connectivity index (χ2n) is 6.78. The van der Waals surface area contributed by atoms with Crippen molar-refractivity contribution in [3.8, 4) is 5.75 Å². The number of anilines is 1. The van der Waals surface area contributed by atoms with Gasteiger partial charge in [0.2, 0.25) is 10.0 Å². The molecule has 0 aromatic heterocycles. The zero-order valence-electron chi connectivity index (χ0n) is 15.3. The highest BCUT2D eigenvalue weighted by Gasteiger charge is 2.28. The molecule has 2 aromatic carbocycles. The Labute approximate surface area is 160 Å². The molecule has 1 amide bonds. The zero-order chi connectivity index (χ0) is 19.3. The Kier molecular flexibility index (Phi) is 6.13. The van der Waals surface area contributed by atoms with Crippen molar-refractivity contribution in [2.75, 3.05) is 25.0 Å². The molecule has 0 bridgehead atoms. The molecule has 0 aliphatic carbocycles. The summed E-state index contributed by atoms with van der Waals surface area (Å²) in [6.45, 7) is 3.06. The Hall–Kier alpha value is -2.38. The van der Waals surface area contributed by atoms with Crippen LogP contribution in [0.25, 0.3) is 0 Å². The molecule has 1 heterocycles. The first-order valence-corrected chi connectivity index (χ1v) is 10.5. The van der Waals surface area contributed by atoms with Crippen LogP contribution in [0.1, 0.15) is 19.8 Å². The fourth-order valence-electron chi connectivity index (χ4n) is 3.09. The van der Waals surface area contributed by atoms with Gasteiger partial charge in [0.15, 0.2) is 6.61 Å². The summed E-state index contributed by atoms with van der Waals surface area (Å²) in [5, 5.41) is 2.71. The van der Waals surface area contributed by atoms with Gasteiger partial charge >= 0.3 is 0 Å². The molecular formula is C20H24N2O4S. The van der Waals surface area contributed by atoms with E-state index in [0.29, 0.717) is 30.4 Å². The molecule has 0 radical (unpaired) electrons. The topological polar surface area (TPSA) is 75.7 Å². The average Bonchev–Trinajstić information content (AvgIpc) is 2.68. The summed E-state index contributed by atoms with van der Waals surface area (Å²) in [6.07, 6.45) is 1.94. The van der Waals surface area contributed by atoms with Crippen molar-refractivity contribution in [2.45, 2.75) is 24.7 Å². The van der Waals surface area contributed by atoms with Crippen LogP contribution < -0.4 is 10.1 Å². The molecule has 144 valence electrons. The molecule has 3 rings (SSSR count). The van der Waals surface area contributed by atoms with Gasteiger partial charge in [0.25, 0.3) is 5.91 Å². The van der Waals surface area contributed by atoms with Gasteiger partial charge in [-0.25, -0.2) is 8.42 Å². The Bertz CT molecular complexity index is 867. The number of piperidine rings is 1. The zero-order valence-corrected chi connectivity index (χ0v) is 16.1. The fraction of sp³-hybridized carbons (Fsp3) is 0.350. The minimum absolute atomic E-state index is 0.115. The third-order valence-electron chi connectivity index (χ3n) is 4.51. The largest absolute Gasteiger partial charge is 0.484 e. The summed E-state index contributed by atoms with van der Waals surface area (Å²) in [4.78, 5) is 12.2. The number of amides is 1. The van der Waals surface area contributed by atoms with Crippen molar-refractivity contribution >= 4 is 21.6 Å². The predicted octanol–water partition coefficient (Wildman–Crippen LogP) is 3.12. The summed E-state index contributed by atoms with van der Waals surface area (Å²) in [5.74, 6) is 0.681. The first kappa shape index (κ1) is 19.4. The molecule has 1 saturated heterocycles.